The highest BCUT2D eigenvalue weighted by Crippen LogP contribution is 2.26. The fourth-order valence-corrected chi connectivity index (χ4v) is 2.56. The van der Waals surface area contributed by atoms with E-state index in [1.807, 2.05) is 48.5 Å². The Hall–Kier alpha value is -2.93. The maximum absolute atomic E-state index is 9.47. The van der Waals surface area contributed by atoms with Crippen LogP contribution < -0.4 is 14.8 Å². The Bertz CT molecular complexity index is 748. The summed E-state index contributed by atoms with van der Waals surface area (Å²) in [7, 11) is 1.64. The van der Waals surface area contributed by atoms with Gasteiger partial charge in [-0.2, -0.15) is 5.26 Å². The van der Waals surface area contributed by atoms with Gasteiger partial charge in [0, 0.05) is 29.4 Å². The lowest BCUT2D eigenvalue weighted by Crippen LogP contribution is -2.00. The van der Waals surface area contributed by atoms with E-state index in [0.717, 1.165) is 35.6 Å². The smallest absolute Gasteiger partial charge is 0.122 e. The molecule has 4 nitrogen and oxygen atoms in total. The van der Waals surface area contributed by atoms with Crippen LogP contribution in [0.2, 0.25) is 0 Å². The number of allylic oxidation sites excluding steroid dienone is 1. The Balaban J connectivity index is 2.08. The van der Waals surface area contributed by atoms with E-state index < -0.39 is 0 Å². The number of nitriles is 1. The molecule has 26 heavy (non-hydrogen) atoms. The molecular formula is C22H26N2O2. The molecule has 2 aromatic carbocycles. The van der Waals surface area contributed by atoms with E-state index in [0.29, 0.717) is 18.6 Å². The number of unbranched alkanes of at least 4 members (excludes halogenated alkanes) is 2. The van der Waals surface area contributed by atoms with E-state index in [4.69, 9.17) is 9.47 Å². The highest BCUT2D eigenvalue weighted by molar-refractivity contribution is 5.49. The van der Waals surface area contributed by atoms with Crippen molar-refractivity contribution in [3.8, 4) is 17.6 Å². The van der Waals surface area contributed by atoms with Crippen LogP contribution in [-0.2, 0) is 6.42 Å². The molecule has 0 atom stereocenters. The zero-order valence-corrected chi connectivity index (χ0v) is 15.5. The number of benzene rings is 2. The van der Waals surface area contributed by atoms with Gasteiger partial charge in [-0.1, -0.05) is 38.0 Å². The van der Waals surface area contributed by atoms with Gasteiger partial charge in [0.25, 0.3) is 0 Å². The van der Waals surface area contributed by atoms with E-state index in [1.165, 1.54) is 6.42 Å². The number of ether oxygens (including phenoxy) is 2. The minimum atomic E-state index is 0.478. The van der Waals surface area contributed by atoms with Crippen LogP contribution in [0.3, 0.4) is 0 Å². The summed E-state index contributed by atoms with van der Waals surface area (Å²) in [6.07, 6.45) is 5.59. The summed E-state index contributed by atoms with van der Waals surface area (Å²) in [4.78, 5) is 0. The first-order valence-electron chi connectivity index (χ1n) is 8.97. The molecule has 0 spiro atoms. The lowest BCUT2D eigenvalue weighted by molar-refractivity contribution is 0.305. The Labute approximate surface area is 156 Å². The van der Waals surface area contributed by atoms with Crippen molar-refractivity contribution < 1.29 is 9.47 Å². The zero-order valence-electron chi connectivity index (χ0n) is 15.5. The van der Waals surface area contributed by atoms with Crippen molar-refractivity contribution >= 4 is 5.69 Å². The van der Waals surface area contributed by atoms with Crippen LogP contribution in [0.15, 0.2) is 60.3 Å². The van der Waals surface area contributed by atoms with Crippen molar-refractivity contribution in [2.75, 3.05) is 19.0 Å². The van der Waals surface area contributed by atoms with Crippen molar-refractivity contribution in [1.82, 2.24) is 0 Å². The first kappa shape index (κ1) is 19.4. The molecule has 0 bridgehead atoms. The van der Waals surface area contributed by atoms with E-state index in [2.05, 4.69) is 18.3 Å². The molecule has 0 unspecified atom stereocenters. The largest absolute Gasteiger partial charge is 0.496 e. The van der Waals surface area contributed by atoms with Gasteiger partial charge in [-0.05, 0) is 36.8 Å². The molecule has 0 aliphatic rings. The summed E-state index contributed by atoms with van der Waals surface area (Å²) in [6.45, 7) is 2.88. The molecule has 4 heteroatoms. The normalized spacial score (nSPS) is 10.9. The topological polar surface area (TPSA) is 54.3 Å². The number of hydrogen-bond donors (Lipinski definition) is 1. The molecular weight excluding hydrogens is 324 g/mol. The van der Waals surface area contributed by atoms with Crippen LogP contribution in [0, 0.1) is 11.3 Å². The molecule has 0 amide bonds. The maximum atomic E-state index is 9.47. The molecule has 0 aromatic heterocycles. The minimum absolute atomic E-state index is 0.478. The third-order valence-corrected chi connectivity index (χ3v) is 3.98. The minimum Gasteiger partial charge on any atom is -0.496 e. The number of hydrogen-bond acceptors (Lipinski definition) is 4. The summed E-state index contributed by atoms with van der Waals surface area (Å²) in [5.41, 5.74) is 2.50. The van der Waals surface area contributed by atoms with Gasteiger partial charge in [0.2, 0.25) is 0 Å². The van der Waals surface area contributed by atoms with Crippen LogP contribution in [-0.4, -0.2) is 13.7 Å². The van der Waals surface area contributed by atoms with Gasteiger partial charge in [0.15, 0.2) is 0 Å². The number of rotatable bonds is 10. The van der Waals surface area contributed by atoms with Gasteiger partial charge >= 0.3 is 0 Å². The molecule has 0 fully saturated rings. The predicted molar refractivity (Wildman–Crippen MR) is 105 cm³/mol. The van der Waals surface area contributed by atoms with Gasteiger partial charge < -0.3 is 14.8 Å². The third-order valence-electron chi connectivity index (χ3n) is 3.98. The van der Waals surface area contributed by atoms with Crippen LogP contribution in [0.5, 0.6) is 11.5 Å². The third kappa shape index (κ3) is 6.18. The fraction of sp³-hybridized carbons (Fsp3) is 0.318. The van der Waals surface area contributed by atoms with Crippen molar-refractivity contribution in [2.24, 2.45) is 0 Å². The SMILES string of the molecule is CCCCCOc1ccc(OC)c(C/C(C#N)=C/Nc2ccccc2)c1. The van der Waals surface area contributed by atoms with E-state index >= 15 is 0 Å². The van der Waals surface area contributed by atoms with Gasteiger partial charge in [-0.15, -0.1) is 0 Å². The number of anilines is 1. The molecule has 136 valence electrons. The average Bonchev–Trinajstić information content (AvgIpc) is 2.69. The average molecular weight is 350 g/mol. The summed E-state index contributed by atoms with van der Waals surface area (Å²) < 4.78 is 11.3. The monoisotopic (exact) mass is 350 g/mol. The van der Waals surface area contributed by atoms with Gasteiger partial charge in [-0.25, -0.2) is 0 Å². The standard InChI is InChI=1S/C22H26N2O2/c1-3-4-8-13-26-21-11-12-22(25-2)19(15-21)14-18(16-23)17-24-20-9-6-5-7-10-20/h5-7,9-12,15,17,24H,3-4,8,13-14H2,1-2H3/b18-17-. The second-order valence-corrected chi connectivity index (χ2v) is 6.00. The number of para-hydroxylation sites is 1. The molecule has 0 saturated heterocycles. The second-order valence-electron chi connectivity index (χ2n) is 6.00. The summed E-state index contributed by atoms with van der Waals surface area (Å²) in [6, 6.07) is 17.8. The summed E-state index contributed by atoms with van der Waals surface area (Å²) in [5, 5.41) is 12.6. The number of nitrogens with zero attached hydrogens (tertiary/aromatic N) is 1. The Kier molecular flexibility index (Phi) is 8.08. The molecule has 2 rings (SSSR count). The first-order valence-corrected chi connectivity index (χ1v) is 8.97. The lowest BCUT2D eigenvalue weighted by atomic mass is 10.1. The number of methoxy groups -OCH3 is 1. The highest BCUT2D eigenvalue weighted by atomic mass is 16.5. The maximum Gasteiger partial charge on any atom is 0.122 e. The second kappa shape index (κ2) is 10.8. The van der Waals surface area contributed by atoms with Crippen molar-refractivity contribution in [2.45, 2.75) is 32.6 Å². The highest BCUT2D eigenvalue weighted by Gasteiger charge is 2.08. The fourth-order valence-electron chi connectivity index (χ4n) is 2.56. The van der Waals surface area contributed by atoms with Crippen molar-refractivity contribution in [3.05, 3.63) is 65.9 Å². The molecule has 0 saturated carbocycles. The quantitative estimate of drug-likeness (QED) is 0.465. The Morgan fingerprint density at radius 3 is 2.65 bits per heavy atom. The van der Waals surface area contributed by atoms with Gasteiger partial charge in [-0.3, -0.25) is 0 Å². The Morgan fingerprint density at radius 1 is 1.15 bits per heavy atom. The molecule has 0 aliphatic carbocycles. The van der Waals surface area contributed by atoms with Crippen LogP contribution >= 0.6 is 0 Å². The van der Waals surface area contributed by atoms with Gasteiger partial charge in [0.05, 0.1) is 19.8 Å². The Morgan fingerprint density at radius 2 is 1.96 bits per heavy atom. The summed E-state index contributed by atoms with van der Waals surface area (Å²) in [5.74, 6) is 1.57. The van der Waals surface area contributed by atoms with Crippen LogP contribution in [0.4, 0.5) is 5.69 Å². The van der Waals surface area contributed by atoms with Gasteiger partial charge in [0.1, 0.15) is 11.5 Å². The molecule has 1 N–H and O–H groups in total. The van der Waals surface area contributed by atoms with E-state index in [-0.39, 0.29) is 0 Å². The van der Waals surface area contributed by atoms with Crippen LogP contribution in [0.1, 0.15) is 31.7 Å². The molecule has 2 aromatic rings. The zero-order chi connectivity index (χ0) is 18.6. The summed E-state index contributed by atoms with van der Waals surface area (Å²) >= 11 is 0. The first-order chi connectivity index (χ1) is 12.8. The predicted octanol–water partition coefficient (Wildman–Crippen LogP) is 5.33. The molecule has 0 radical (unpaired) electrons. The van der Waals surface area contributed by atoms with Crippen LogP contribution in [0.25, 0.3) is 0 Å². The van der Waals surface area contributed by atoms with Crippen molar-refractivity contribution in [3.63, 3.8) is 0 Å². The van der Waals surface area contributed by atoms with E-state index in [9.17, 15) is 5.26 Å². The number of nitrogens with one attached hydrogen (secondary N) is 1. The molecule has 0 heterocycles. The molecule has 0 aliphatic heterocycles. The van der Waals surface area contributed by atoms with E-state index in [1.54, 1.807) is 13.3 Å². The van der Waals surface area contributed by atoms with Crippen molar-refractivity contribution in [1.29, 1.82) is 5.26 Å². The lowest BCUT2D eigenvalue weighted by Gasteiger charge is -2.12.